The molecule has 118 valence electrons. The number of hydrogen-bond donors (Lipinski definition) is 1. The topological polar surface area (TPSA) is 47.6 Å². The highest BCUT2D eigenvalue weighted by atomic mass is 32.2. The maximum Gasteiger partial charge on any atom is 0.124 e. The van der Waals surface area contributed by atoms with Crippen molar-refractivity contribution < 1.29 is 13.7 Å². The lowest BCUT2D eigenvalue weighted by Gasteiger charge is -2.27. The minimum absolute atomic E-state index is 0.267. The van der Waals surface area contributed by atoms with Gasteiger partial charge in [-0.3, -0.25) is 4.21 Å². The molecule has 1 aromatic carbocycles. The molecule has 1 saturated heterocycles. The first-order valence-corrected chi connectivity index (χ1v) is 8.89. The fraction of sp³-hybridized carbons (Fsp3) is 0.625. The van der Waals surface area contributed by atoms with Gasteiger partial charge in [-0.2, -0.15) is 0 Å². The van der Waals surface area contributed by atoms with E-state index >= 15 is 0 Å². The minimum atomic E-state index is -0.604. The van der Waals surface area contributed by atoms with E-state index in [1.54, 1.807) is 14.2 Å². The molecule has 1 fully saturated rings. The normalized spacial score (nSPS) is 23.8. The van der Waals surface area contributed by atoms with Crippen molar-refractivity contribution in [3.05, 3.63) is 29.3 Å². The average molecular weight is 311 g/mol. The Morgan fingerprint density at radius 3 is 2.67 bits per heavy atom. The highest BCUT2D eigenvalue weighted by Gasteiger charge is 2.20. The second kappa shape index (κ2) is 7.92. The summed E-state index contributed by atoms with van der Waals surface area (Å²) in [5.74, 6) is 2.50. The third kappa shape index (κ3) is 4.53. The van der Waals surface area contributed by atoms with E-state index in [2.05, 4.69) is 24.4 Å². The first kappa shape index (κ1) is 16.5. The van der Waals surface area contributed by atoms with Crippen LogP contribution in [-0.2, 0) is 22.1 Å². The predicted octanol–water partition coefficient (Wildman–Crippen LogP) is 2.40. The molecule has 0 saturated carbocycles. The smallest absolute Gasteiger partial charge is 0.124 e. The van der Waals surface area contributed by atoms with Crippen LogP contribution in [0.25, 0.3) is 0 Å². The fourth-order valence-electron chi connectivity index (χ4n) is 2.75. The van der Waals surface area contributed by atoms with Gasteiger partial charge in [-0.1, -0.05) is 6.07 Å². The summed E-state index contributed by atoms with van der Waals surface area (Å²) in [6.45, 7) is 2.72. The van der Waals surface area contributed by atoms with Crippen LogP contribution >= 0.6 is 0 Å². The molecular formula is C16H25NO3S. The summed E-state index contributed by atoms with van der Waals surface area (Å²) in [6.07, 6.45) is 2.00. The lowest BCUT2D eigenvalue weighted by molar-refractivity contribution is 0.181. The van der Waals surface area contributed by atoms with Gasteiger partial charge in [0, 0.05) is 47.1 Å². The average Bonchev–Trinajstić information content (AvgIpc) is 2.50. The molecule has 0 amide bonds. The lowest BCUT2D eigenvalue weighted by atomic mass is 10.0. The highest BCUT2D eigenvalue weighted by Crippen LogP contribution is 2.25. The van der Waals surface area contributed by atoms with Crippen LogP contribution in [0.1, 0.15) is 36.9 Å². The van der Waals surface area contributed by atoms with Crippen LogP contribution < -0.4 is 10.1 Å². The molecule has 1 aromatic rings. The van der Waals surface area contributed by atoms with Crippen LogP contribution in [-0.4, -0.2) is 36.0 Å². The van der Waals surface area contributed by atoms with Crippen LogP contribution in [0.15, 0.2) is 18.2 Å². The Morgan fingerprint density at radius 1 is 1.33 bits per heavy atom. The van der Waals surface area contributed by atoms with Crippen molar-refractivity contribution in [3.8, 4) is 5.75 Å². The van der Waals surface area contributed by atoms with Crippen molar-refractivity contribution in [2.24, 2.45) is 0 Å². The molecule has 0 bridgehead atoms. The summed E-state index contributed by atoms with van der Waals surface area (Å²) in [7, 11) is 2.76. The monoisotopic (exact) mass is 311 g/mol. The van der Waals surface area contributed by atoms with Gasteiger partial charge >= 0.3 is 0 Å². The lowest BCUT2D eigenvalue weighted by Crippen LogP contribution is -2.37. The minimum Gasteiger partial charge on any atom is -0.496 e. The zero-order chi connectivity index (χ0) is 15.2. The van der Waals surface area contributed by atoms with Crippen LogP contribution in [0.3, 0.4) is 0 Å². The number of benzene rings is 1. The summed E-state index contributed by atoms with van der Waals surface area (Å²) in [6, 6.07) is 6.96. The Morgan fingerprint density at radius 2 is 2.05 bits per heavy atom. The Bertz CT molecular complexity index is 482. The van der Waals surface area contributed by atoms with Gasteiger partial charge in [0.1, 0.15) is 5.75 Å². The molecule has 1 unspecified atom stereocenters. The van der Waals surface area contributed by atoms with E-state index in [1.165, 1.54) is 5.56 Å². The van der Waals surface area contributed by atoms with Gasteiger partial charge in [-0.25, -0.2) is 0 Å². The van der Waals surface area contributed by atoms with E-state index in [1.807, 2.05) is 6.07 Å². The van der Waals surface area contributed by atoms with E-state index in [4.69, 9.17) is 9.47 Å². The van der Waals surface area contributed by atoms with Gasteiger partial charge in [0.2, 0.25) is 0 Å². The number of nitrogens with one attached hydrogen (secondary N) is 1. The summed E-state index contributed by atoms with van der Waals surface area (Å²) in [4.78, 5) is 0. The summed E-state index contributed by atoms with van der Waals surface area (Å²) in [5.41, 5.74) is 2.30. The van der Waals surface area contributed by atoms with Crippen molar-refractivity contribution in [1.82, 2.24) is 5.32 Å². The van der Waals surface area contributed by atoms with Crippen molar-refractivity contribution in [2.75, 3.05) is 25.7 Å². The van der Waals surface area contributed by atoms with Crippen molar-refractivity contribution in [2.45, 2.75) is 38.5 Å². The number of methoxy groups -OCH3 is 2. The fourth-order valence-corrected chi connectivity index (χ4v) is 4.05. The SMILES string of the molecule is COCc1cc(C(C)NC2CCS(=O)CC2)ccc1OC. The van der Waals surface area contributed by atoms with E-state index < -0.39 is 10.8 Å². The molecule has 2 rings (SSSR count). The summed E-state index contributed by atoms with van der Waals surface area (Å²) >= 11 is 0. The molecule has 1 atom stereocenters. The maximum atomic E-state index is 11.4. The predicted molar refractivity (Wildman–Crippen MR) is 86.2 cm³/mol. The molecule has 4 nitrogen and oxygen atoms in total. The van der Waals surface area contributed by atoms with Gasteiger partial charge in [-0.15, -0.1) is 0 Å². The Hall–Kier alpha value is -0.910. The molecule has 1 N–H and O–H groups in total. The standard InChI is InChI=1S/C16H25NO3S/c1-12(17-15-6-8-21(18)9-7-15)13-4-5-16(20-3)14(10-13)11-19-2/h4-5,10,12,15,17H,6-9,11H2,1-3H3. The van der Waals surface area contributed by atoms with E-state index in [-0.39, 0.29) is 6.04 Å². The highest BCUT2D eigenvalue weighted by molar-refractivity contribution is 7.85. The van der Waals surface area contributed by atoms with Gasteiger partial charge in [0.05, 0.1) is 13.7 Å². The number of ether oxygens (including phenoxy) is 2. The van der Waals surface area contributed by atoms with Gasteiger partial charge in [-0.05, 0) is 37.5 Å². The van der Waals surface area contributed by atoms with Crippen LogP contribution in [0, 0.1) is 0 Å². The van der Waals surface area contributed by atoms with E-state index in [0.717, 1.165) is 35.7 Å². The molecule has 0 aliphatic carbocycles. The van der Waals surface area contributed by atoms with E-state index in [9.17, 15) is 4.21 Å². The number of hydrogen-bond acceptors (Lipinski definition) is 4. The molecule has 0 spiro atoms. The van der Waals surface area contributed by atoms with Crippen molar-refractivity contribution >= 4 is 10.8 Å². The Balaban J connectivity index is 2.02. The molecule has 0 aromatic heterocycles. The second-order valence-corrected chi connectivity index (χ2v) is 7.21. The molecule has 1 aliphatic rings. The Kier molecular flexibility index (Phi) is 6.21. The Labute approximate surface area is 129 Å². The second-order valence-electron chi connectivity index (χ2n) is 5.51. The summed E-state index contributed by atoms with van der Waals surface area (Å²) < 4.78 is 22.0. The summed E-state index contributed by atoms with van der Waals surface area (Å²) in [5, 5.41) is 3.65. The largest absolute Gasteiger partial charge is 0.496 e. The van der Waals surface area contributed by atoms with Crippen molar-refractivity contribution in [3.63, 3.8) is 0 Å². The van der Waals surface area contributed by atoms with Gasteiger partial charge in [0.15, 0.2) is 0 Å². The molecule has 0 radical (unpaired) electrons. The zero-order valence-electron chi connectivity index (χ0n) is 13.1. The van der Waals surface area contributed by atoms with Crippen molar-refractivity contribution in [1.29, 1.82) is 0 Å². The van der Waals surface area contributed by atoms with Crippen LogP contribution in [0.2, 0.25) is 0 Å². The third-order valence-corrected chi connectivity index (χ3v) is 5.36. The van der Waals surface area contributed by atoms with Gasteiger partial charge in [0.25, 0.3) is 0 Å². The quantitative estimate of drug-likeness (QED) is 0.876. The number of rotatable bonds is 6. The maximum absolute atomic E-state index is 11.4. The zero-order valence-corrected chi connectivity index (χ0v) is 13.9. The molecule has 5 heteroatoms. The van der Waals surface area contributed by atoms with Gasteiger partial charge < -0.3 is 14.8 Å². The van der Waals surface area contributed by atoms with E-state index in [0.29, 0.717) is 12.6 Å². The van der Waals surface area contributed by atoms with Crippen LogP contribution in [0.5, 0.6) is 5.75 Å². The molecule has 21 heavy (non-hydrogen) atoms. The molecular weight excluding hydrogens is 286 g/mol. The van der Waals surface area contributed by atoms with Crippen LogP contribution in [0.4, 0.5) is 0 Å². The molecule has 1 aliphatic heterocycles. The molecule has 1 heterocycles. The third-order valence-electron chi connectivity index (χ3n) is 3.98. The first-order valence-electron chi connectivity index (χ1n) is 7.40. The first-order chi connectivity index (χ1) is 10.1.